The first-order valence-electron chi connectivity index (χ1n) is 9.90. The van der Waals surface area contributed by atoms with Gasteiger partial charge in [0.05, 0.1) is 17.7 Å². The number of carbonyl (C=O) groups excluding carboxylic acids is 2. The molecule has 32 heavy (non-hydrogen) atoms. The van der Waals surface area contributed by atoms with Crippen LogP contribution in [0.25, 0.3) is 0 Å². The zero-order valence-corrected chi connectivity index (χ0v) is 18.5. The number of anilines is 2. The fraction of sp³-hybridized carbons (Fsp3) is 0.227. The van der Waals surface area contributed by atoms with Crippen LogP contribution >= 0.6 is 11.8 Å². The predicted molar refractivity (Wildman–Crippen MR) is 122 cm³/mol. The molecule has 10 heteroatoms. The molecule has 0 saturated heterocycles. The van der Waals surface area contributed by atoms with Crippen molar-refractivity contribution < 1.29 is 19.5 Å². The smallest absolute Gasteiger partial charge is 0.335 e. The maximum Gasteiger partial charge on any atom is 0.335 e. The van der Waals surface area contributed by atoms with E-state index in [1.165, 1.54) is 36.0 Å². The third kappa shape index (κ3) is 6.17. The minimum atomic E-state index is -1.03. The first kappa shape index (κ1) is 23.0. The van der Waals surface area contributed by atoms with Crippen molar-refractivity contribution >= 4 is 40.9 Å². The summed E-state index contributed by atoms with van der Waals surface area (Å²) in [5.74, 6) is -0.878. The maximum absolute atomic E-state index is 12.4. The van der Waals surface area contributed by atoms with E-state index in [1.54, 1.807) is 4.57 Å². The largest absolute Gasteiger partial charge is 0.478 e. The van der Waals surface area contributed by atoms with Crippen molar-refractivity contribution in [3.63, 3.8) is 0 Å². The lowest BCUT2D eigenvalue weighted by molar-refractivity contribution is -0.116. The van der Waals surface area contributed by atoms with Crippen molar-refractivity contribution in [2.45, 2.75) is 32.0 Å². The van der Waals surface area contributed by atoms with Gasteiger partial charge in [-0.2, -0.15) is 0 Å². The molecule has 0 aliphatic carbocycles. The molecule has 3 rings (SSSR count). The van der Waals surface area contributed by atoms with Crippen molar-refractivity contribution in [3.05, 3.63) is 65.5 Å². The Labute approximate surface area is 189 Å². The van der Waals surface area contributed by atoms with E-state index in [9.17, 15) is 14.4 Å². The molecule has 1 aromatic heterocycles. The molecular formula is C22H23N5O4S. The second-order valence-electron chi connectivity index (χ2n) is 6.95. The van der Waals surface area contributed by atoms with Crippen LogP contribution in [0.15, 0.2) is 53.7 Å². The van der Waals surface area contributed by atoms with Gasteiger partial charge in [0, 0.05) is 17.9 Å². The number of thioether (sulfide) groups is 1. The Hall–Kier alpha value is -3.66. The highest BCUT2D eigenvalue weighted by Crippen LogP contribution is 2.19. The SMILES string of the molecule is CCn1c(CC(=O)Nc2ccc(C)cc2)nnc1SCC(=O)Nc1ccc(C(=O)O)cc1. The number of nitrogens with zero attached hydrogens (tertiary/aromatic N) is 3. The number of carboxylic acid groups (broad SMARTS) is 1. The van der Waals surface area contributed by atoms with Gasteiger partial charge in [0.1, 0.15) is 5.82 Å². The first-order chi connectivity index (χ1) is 15.4. The molecule has 166 valence electrons. The number of amides is 2. The van der Waals surface area contributed by atoms with Gasteiger partial charge in [-0.25, -0.2) is 4.79 Å². The van der Waals surface area contributed by atoms with Crippen LogP contribution in [0.4, 0.5) is 11.4 Å². The zero-order chi connectivity index (χ0) is 23.1. The van der Waals surface area contributed by atoms with Crippen LogP contribution in [0, 0.1) is 6.92 Å². The summed E-state index contributed by atoms with van der Waals surface area (Å²) in [4.78, 5) is 35.5. The Morgan fingerprint density at radius 2 is 1.53 bits per heavy atom. The maximum atomic E-state index is 12.4. The number of carbonyl (C=O) groups is 3. The monoisotopic (exact) mass is 453 g/mol. The third-order valence-corrected chi connectivity index (χ3v) is 5.48. The molecule has 2 aromatic carbocycles. The molecular weight excluding hydrogens is 430 g/mol. The molecule has 0 unspecified atom stereocenters. The lowest BCUT2D eigenvalue weighted by Crippen LogP contribution is -2.18. The van der Waals surface area contributed by atoms with E-state index in [0.29, 0.717) is 28.9 Å². The van der Waals surface area contributed by atoms with Crippen molar-refractivity contribution in [2.75, 3.05) is 16.4 Å². The summed E-state index contributed by atoms with van der Waals surface area (Å²) in [6, 6.07) is 13.4. The first-order valence-corrected chi connectivity index (χ1v) is 10.9. The van der Waals surface area contributed by atoms with Crippen molar-refractivity contribution in [1.29, 1.82) is 0 Å². The fourth-order valence-corrected chi connectivity index (χ4v) is 3.70. The Morgan fingerprint density at radius 3 is 2.12 bits per heavy atom. The van der Waals surface area contributed by atoms with E-state index in [1.807, 2.05) is 38.1 Å². The normalized spacial score (nSPS) is 10.6. The Morgan fingerprint density at radius 1 is 0.938 bits per heavy atom. The number of nitrogens with one attached hydrogen (secondary N) is 2. The minimum Gasteiger partial charge on any atom is -0.478 e. The molecule has 2 amide bonds. The summed E-state index contributed by atoms with van der Waals surface area (Å²) < 4.78 is 1.80. The van der Waals surface area contributed by atoms with Crippen molar-refractivity contribution in [2.24, 2.45) is 0 Å². The van der Waals surface area contributed by atoms with Gasteiger partial charge < -0.3 is 20.3 Å². The van der Waals surface area contributed by atoms with Crippen molar-refractivity contribution in [1.82, 2.24) is 14.8 Å². The van der Waals surface area contributed by atoms with E-state index in [2.05, 4.69) is 20.8 Å². The molecule has 0 atom stereocenters. The van der Waals surface area contributed by atoms with E-state index < -0.39 is 5.97 Å². The van der Waals surface area contributed by atoms with Crippen LogP contribution in [-0.2, 0) is 22.6 Å². The zero-order valence-electron chi connectivity index (χ0n) is 17.7. The number of rotatable bonds is 9. The van der Waals surface area contributed by atoms with Crippen LogP contribution in [-0.4, -0.2) is 43.4 Å². The van der Waals surface area contributed by atoms with Gasteiger partial charge in [0.2, 0.25) is 11.8 Å². The Kier molecular flexibility index (Phi) is 7.61. The summed E-state index contributed by atoms with van der Waals surface area (Å²) in [7, 11) is 0. The highest BCUT2D eigenvalue weighted by Gasteiger charge is 2.16. The highest BCUT2D eigenvalue weighted by atomic mass is 32.2. The number of benzene rings is 2. The lowest BCUT2D eigenvalue weighted by atomic mass is 10.2. The average molecular weight is 454 g/mol. The molecule has 0 saturated carbocycles. The standard InChI is InChI=1S/C22H23N5O4S/c1-3-27-18(12-19(28)23-16-8-4-14(2)5-9-16)25-26-22(27)32-13-20(29)24-17-10-6-15(7-11-17)21(30)31/h4-11H,3,12-13H2,1-2H3,(H,23,28)(H,24,29)(H,30,31). The van der Waals surface area contributed by atoms with E-state index in [-0.39, 0.29) is 29.6 Å². The number of aromatic carboxylic acids is 1. The Balaban J connectivity index is 1.55. The summed E-state index contributed by atoms with van der Waals surface area (Å²) in [5, 5.41) is 23.3. The van der Waals surface area contributed by atoms with Crippen LogP contribution in [0.3, 0.4) is 0 Å². The van der Waals surface area contributed by atoms with E-state index >= 15 is 0 Å². The molecule has 3 N–H and O–H groups in total. The fourth-order valence-electron chi connectivity index (χ4n) is 2.88. The molecule has 3 aromatic rings. The van der Waals surface area contributed by atoms with Gasteiger partial charge in [0.15, 0.2) is 5.16 Å². The second kappa shape index (κ2) is 10.6. The quantitative estimate of drug-likeness (QED) is 0.425. The molecule has 0 radical (unpaired) electrons. The van der Waals surface area contributed by atoms with Crippen LogP contribution in [0.5, 0.6) is 0 Å². The third-order valence-electron chi connectivity index (χ3n) is 4.51. The van der Waals surface area contributed by atoms with E-state index in [4.69, 9.17) is 5.11 Å². The topological polar surface area (TPSA) is 126 Å². The summed E-state index contributed by atoms with van der Waals surface area (Å²) in [6.07, 6.45) is 0.0669. The number of hydrogen-bond donors (Lipinski definition) is 3. The summed E-state index contributed by atoms with van der Waals surface area (Å²) in [5.41, 5.74) is 2.47. The molecule has 0 aliphatic heterocycles. The molecule has 1 heterocycles. The summed E-state index contributed by atoms with van der Waals surface area (Å²) in [6.45, 7) is 4.45. The van der Waals surface area contributed by atoms with Gasteiger partial charge in [-0.3, -0.25) is 9.59 Å². The van der Waals surface area contributed by atoms with E-state index in [0.717, 1.165) is 5.56 Å². The van der Waals surface area contributed by atoms with Gasteiger partial charge >= 0.3 is 5.97 Å². The number of hydrogen-bond acceptors (Lipinski definition) is 6. The van der Waals surface area contributed by atoms with Gasteiger partial charge in [-0.1, -0.05) is 29.5 Å². The molecule has 0 aliphatic rings. The molecule has 0 spiro atoms. The molecule has 9 nitrogen and oxygen atoms in total. The number of aryl methyl sites for hydroxylation is 1. The van der Waals surface area contributed by atoms with Gasteiger partial charge in [-0.15, -0.1) is 10.2 Å². The van der Waals surface area contributed by atoms with Crippen molar-refractivity contribution in [3.8, 4) is 0 Å². The van der Waals surface area contributed by atoms with Gasteiger partial charge in [0.25, 0.3) is 0 Å². The minimum absolute atomic E-state index is 0.0669. The van der Waals surface area contributed by atoms with Gasteiger partial charge in [-0.05, 0) is 50.2 Å². The number of carboxylic acids is 1. The summed E-state index contributed by atoms with van der Waals surface area (Å²) >= 11 is 1.21. The molecule has 0 fully saturated rings. The van der Waals surface area contributed by atoms with Crippen LogP contribution < -0.4 is 10.6 Å². The predicted octanol–water partition coefficient (Wildman–Crippen LogP) is 3.22. The number of aromatic nitrogens is 3. The lowest BCUT2D eigenvalue weighted by Gasteiger charge is -2.09. The Bertz CT molecular complexity index is 1110. The second-order valence-corrected chi connectivity index (χ2v) is 7.90. The highest BCUT2D eigenvalue weighted by molar-refractivity contribution is 7.99. The van der Waals surface area contributed by atoms with Crippen LogP contribution in [0.2, 0.25) is 0 Å². The van der Waals surface area contributed by atoms with Crippen LogP contribution in [0.1, 0.15) is 28.7 Å². The molecule has 0 bridgehead atoms. The average Bonchev–Trinajstić information content (AvgIpc) is 3.15.